The minimum Gasteiger partial charge on any atom is -0.508 e. The third kappa shape index (κ3) is 4.17. The molecule has 4 rings (SSSR count). The van der Waals surface area contributed by atoms with Crippen LogP contribution >= 0.6 is 0 Å². The Balaban J connectivity index is 0.000000820. The number of hydrogen-bond acceptors (Lipinski definition) is 3. The summed E-state index contributed by atoms with van der Waals surface area (Å²) in [6.45, 7) is 2.30. The predicted molar refractivity (Wildman–Crippen MR) is 101 cm³/mol. The Kier molecular flexibility index (Phi) is 8.72. The fraction of sp³-hybridized carbons (Fsp3) is 0.632. The van der Waals surface area contributed by atoms with E-state index < -0.39 is 5.97 Å². The Hall–Kier alpha value is -1.67. The largest absolute Gasteiger partial charge is 0.508 e. The number of likely N-dealkylation sites (tertiary alicyclic amines) is 1. The lowest BCUT2D eigenvalue weighted by atomic mass is 9.52. The van der Waals surface area contributed by atoms with Gasteiger partial charge in [-0.15, -0.1) is 0 Å². The van der Waals surface area contributed by atoms with E-state index in [-0.39, 0.29) is 16.4 Å². The molecule has 3 atom stereocenters. The first kappa shape index (κ1) is 24.3. The number of rotatable bonds is 0. The van der Waals surface area contributed by atoms with Crippen LogP contribution in [0.25, 0.3) is 0 Å². The number of aliphatic carboxylic acids is 1. The highest BCUT2D eigenvalue weighted by atomic mass is 16.4. The van der Waals surface area contributed by atoms with Gasteiger partial charge in [0, 0.05) is 18.4 Å². The summed E-state index contributed by atoms with van der Waals surface area (Å²) in [7, 11) is 2.30. The molecule has 7 heteroatoms. The molecule has 0 spiro atoms. The van der Waals surface area contributed by atoms with Crippen molar-refractivity contribution >= 4 is 5.97 Å². The van der Waals surface area contributed by atoms with Crippen LogP contribution in [0, 0.1) is 5.92 Å². The number of carbonyl (C=O) groups is 1. The summed E-state index contributed by atoms with van der Waals surface area (Å²) in [6.07, 6.45) is 7.93. The van der Waals surface area contributed by atoms with E-state index in [1.54, 1.807) is 0 Å². The maximum atomic E-state index is 9.91. The van der Waals surface area contributed by atoms with Crippen molar-refractivity contribution in [3.63, 3.8) is 0 Å². The van der Waals surface area contributed by atoms with E-state index in [0.29, 0.717) is 11.2 Å². The molecule has 2 fully saturated rings. The summed E-state index contributed by atoms with van der Waals surface area (Å²) in [6, 6.07) is 6.85. The number of phenolic OH excluding ortho intramolecular Hbond substituents is 1. The van der Waals surface area contributed by atoms with Gasteiger partial charge in [0.15, 0.2) is 0 Å². The number of phenols is 1. The molecule has 0 aromatic heterocycles. The Morgan fingerprint density at radius 1 is 1.19 bits per heavy atom. The molecule has 1 aromatic carbocycles. The van der Waals surface area contributed by atoms with Crippen LogP contribution in [-0.4, -0.2) is 57.1 Å². The van der Waals surface area contributed by atoms with Crippen LogP contribution in [0.1, 0.15) is 50.2 Å². The van der Waals surface area contributed by atoms with E-state index in [1.165, 1.54) is 56.2 Å². The second-order valence-corrected chi connectivity index (χ2v) is 7.37. The summed E-state index contributed by atoms with van der Waals surface area (Å²) >= 11 is 0. The highest BCUT2D eigenvalue weighted by Crippen LogP contribution is 2.55. The number of piperidine rings is 1. The molecule has 26 heavy (non-hydrogen) atoms. The van der Waals surface area contributed by atoms with Gasteiger partial charge in [0.2, 0.25) is 0 Å². The molecule has 7 nitrogen and oxygen atoms in total. The van der Waals surface area contributed by atoms with Gasteiger partial charge in [-0.3, -0.25) is 4.79 Å². The van der Waals surface area contributed by atoms with E-state index in [2.05, 4.69) is 24.1 Å². The first-order chi connectivity index (χ1) is 10.9. The first-order valence-electron chi connectivity index (χ1n) is 8.66. The normalized spacial score (nSPS) is 28.4. The molecule has 2 bridgehead atoms. The number of likely N-dealkylation sites (N-methyl/N-ethyl adjacent to an activating group) is 1. The SMILES string of the molecule is CC(=O)O.CN1CC[C@]23CCCC[C@H]2[C@H]1Cc1ccc(O)cc13.O.O.O. The van der Waals surface area contributed by atoms with Gasteiger partial charge in [0.1, 0.15) is 5.75 Å². The highest BCUT2D eigenvalue weighted by Gasteiger charge is 2.52. The van der Waals surface area contributed by atoms with Crippen LogP contribution in [0.5, 0.6) is 5.75 Å². The molecule has 2 aliphatic carbocycles. The lowest BCUT2D eigenvalue weighted by molar-refractivity contribution is -0.134. The van der Waals surface area contributed by atoms with Crippen molar-refractivity contribution in [1.29, 1.82) is 0 Å². The molecule has 0 amide bonds. The van der Waals surface area contributed by atoms with E-state index in [9.17, 15) is 5.11 Å². The number of hydrogen-bond donors (Lipinski definition) is 2. The summed E-state index contributed by atoms with van der Waals surface area (Å²) in [5, 5.41) is 17.3. The van der Waals surface area contributed by atoms with E-state index >= 15 is 0 Å². The Labute approximate surface area is 154 Å². The van der Waals surface area contributed by atoms with Crippen LogP contribution in [0.2, 0.25) is 0 Å². The monoisotopic (exact) mass is 371 g/mol. The highest BCUT2D eigenvalue weighted by molar-refractivity contribution is 5.62. The van der Waals surface area contributed by atoms with Crippen LogP contribution in [0.4, 0.5) is 0 Å². The zero-order valence-corrected chi connectivity index (χ0v) is 15.6. The minimum atomic E-state index is -0.833. The fourth-order valence-electron chi connectivity index (χ4n) is 5.18. The summed E-state index contributed by atoms with van der Waals surface area (Å²) in [5.41, 5.74) is 3.36. The van der Waals surface area contributed by atoms with E-state index in [0.717, 1.165) is 18.9 Å². The fourth-order valence-corrected chi connectivity index (χ4v) is 5.18. The van der Waals surface area contributed by atoms with Gasteiger partial charge in [-0.25, -0.2) is 0 Å². The van der Waals surface area contributed by atoms with Crippen molar-refractivity contribution in [2.75, 3.05) is 13.6 Å². The van der Waals surface area contributed by atoms with Gasteiger partial charge in [0.05, 0.1) is 0 Å². The maximum Gasteiger partial charge on any atom is 0.300 e. The predicted octanol–water partition coefficient (Wildman–Crippen LogP) is 0.697. The molecule has 1 saturated carbocycles. The maximum absolute atomic E-state index is 9.91. The topological polar surface area (TPSA) is 155 Å². The number of benzene rings is 1. The second-order valence-electron chi connectivity index (χ2n) is 7.37. The van der Waals surface area contributed by atoms with Gasteiger partial charge in [-0.05, 0) is 68.5 Å². The van der Waals surface area contributed by atoms with Crippen molar-refractivity contribution in [3.8, 4) is 5.75 Å². The molecule has 1 aliphatic heterocycles. The zero-order chi connectivity index (χ0) is 16.6. The third-order valence-electron chi connectivity index (χ3n) is 6.10. The Morgan fingerprint density at radius 3 is 2.50 bits per heavy atom. The average molecular weight is 371 g/mol. The second kappa shape index (κ2) is 9.32. The molecule has 0 radical (unpaired) electrons. The molecule has 1 saturated heterocycles. The summed E-state index contributed by atoms with van der Waals surface area (Å²) < 4.78 is 0. The first-order valence-corrected chi connectivity index (χ1v) is 8.66. The van der Waals surface area contributed by atoms with E-state index in [1.807, 2.05) is 6.07 Å². The van der Waals surface area contributed by atoms with Crippen LogP contribution in [0.15, 0.2) is 18.2 Å². The van der Waals surface area contributed by atoms with Gasteiger partial charge in [0.25, 0.3) is 5.97 Å². The van der Waals surface area contributed by atoms with E-state index in [4.69, 9.17) is 9.90 Å². The minimum absolute atomic E-state index is 0. The third-order valence-corrected chi connectivity index (χ3v) is 6.10. The lowest BCUT2D eigenvalue weighted by Crippen LogP contribution is -2.59. The average Bonchev–Trinajstić information content (AvgIpc) is 2.51. The van der Waals surface area contributed by atoms with Crippen molar-refractivity contribution < 1.29 is 31.4 Å². The standard InChI is InChI=1S/C17H23NO.C2H4O2.3H2O/c1-18-9-8-17-7-3-2-4-14(17)16(18)10-12-5-6-13(19)11-15(12)17;1-2(3)4;;;/h5-6,11,14,16,19H,2-4,7-10H2,1H3;1H3,(H,3,4);3*1H2/t14-,16+,17+;;;;/m0..../s1. The smallest absolute Gasteiger partial charge is 0.300 e. The molecule has 150 valence electrons. The molecule has 1 aromatic rings. The molecule has 0 unspecified atom stereocenters. The molecule has 1 heterocycles. The molecular formula is C19H33NO6. The molecule has 3 aliphatic rings. The number of fused-ring (bicyclic) bond motifs is 1. The summed E-state index contributed by atoms with van der Waals surface area (Å²) in [5.74, 6) is 0.434. The van der Waals surface area contributed by atoms with Crippen LogP contribution in [0.3, 0.4) is 0 Å². The molecular weight excluding hydrogens is 338 g/mol. The van der Waals surface area contributed by atoms with Gasteiger partial charge in [-0.1, -0.05) is 18.9 Å². The van der Waals surface area contributed by atoms with Crippen molar-refractivity contribution in [1.82, 2.24) is 4.90 Å². The quantitative estimate of drug-likeness (QED) is 0.688. The number of aromatic hydroxyl groups is 1. The number of carboxylic acid groups (broad SMARTS) is 1. The van der Waals surface area contributed by atoms with Gasteiger partial charge in [-0.2, -0.15) is 0 Å². The zero-order valence-electron chi connectivity index (χ0n) is 15.6. The van der Waals surface area contributed by atoms with Crippen molar-refractivity contribution in [2.45, 2.75) is 56.9 Å². The molecule has 8 N–H and O–H groups in total. The Morgan fingerprint density at radius 2 is 1.85 bits per heavy atom. The lowest BCUT2D eigenvalue weighted by Gasteiger charge is -2.58. The number of carboxylic acids is 1. The Bertz CT molecular complexity index is 604. The van der Waals surface area contributed by atoms with Crippen LogP contribution in [-0.2, 0) is 16.6 Å². The van der Waals surface area contributed by atoms with Crippen molar-refractivity contribution in [2.24, 2.45) is 5.92 Å². The summed E-state index contributed by atoms with van der Waals surface area (Å²) in [4.78, 5) is 11.6. The number of nitrogens with zero attached hydrogens (tertiary/aromatic N) is 1. The van der Waals surface area contributed by atoms with Crippen molar-refractivity contribution in [3.05, 3.63) is 29.3 Å². The van der Waals surface area contributed by atoms with Crippen LogP contribution < -0.4 is 0 Å². The van der Waals surface area contributed by atoms with Gasteiger partial charge < -0.3 is 31.5 Å². The van der Waals surface area contributed by atoms with Gasteiger partial charge >= 0.3 is 0 Å².